The molecular weight excluding hydrogens is 418 g/mol. The second-order valence-electron chi connectivity index (χ2n) is 8.44. The molecule has 0 saturated carbocycles. The lowest BCUT2D eigenvalue weighted by molar-refractivity contribution is -0.139. The Kier molecular flexibility index (Phi) is 5.08. The highest BCUT2D eigenvalue weighted by Gasteiger charge is 2.34. The number of carbonyl (C=O) groups is 2. The summed E-state index contributed by atoms with van der Waals surface area (Å²) in [7, 11) is 3.20. The molecule has 1 aliphatic rings. The lowest BCUT2D eigenvalue weighted by atomic mass is 9.85. The maximum absolute atomic E-state index is 14.1. The van der Waals surface area contributed by atoms with E-state index in [2.05, 4.69) is 0 Å². The van der Waals surface area contributed by atoms with Crippen LogP contribution in [0.15, 0.2) is 48.5 Å². The zero-order chi connectivity index (χ0) is 23.3. The number of rotatable bonds is 4. The molecule has 0 radical (unpaired) electrons. The van der Waals surface area contributed by atoms with E-state index in [0.717, 1.165) is 44.9 Å². The van der Waals surface area contributed by atoms with Crippen LogP contribution in [0.1, 0.15) is 45.9 Å². The first-order valence-corrected chi connectivity index (χ1v) is 11.0. The monoisotopic (exact) mass is 443 g/mol. The molecule has 0 spiro atoms. The fourth-order valence-electron chi connectivity index (χ4n) is 5.30. The van der Waals surface area contributed by atoms with Crippen molar-refractivity contribution in [3.8, 4) is 11.5 Å². The topological polar surface area (TPSA) is 77.8 Å². The second-order valence-corrected chi connectivity index (χ2v) is 8.44. The van der Waals surface area contributed by atoms with Crippen molar-refractivity contribution in [3.63, 3.8) is 0 Å². The molecular formula is C27H25NO5. The Labute approximate surface area is 191 Å². The summed E-state index contributed by atoms with van der Waals surface area (Å²) in [6.45, 7) is 1.88. The summed E-state index contributed by atoms with van der Waals surface area (Å²) in [5.74, 6) is -0.365. The number of fused-ring (bicyclic) bond motifs is 4. The van der Waals surface area contributed by atoms with E-state index >= 15 is 0 Å². The lowest BCUT2D eigenvalue weighted by Gasteiger charge is -2.22. The zero-order valence-electron chi connectivity index (χ0n) is 18.8. The van der Waals surface area contributed by atoms with E-state index in [1.165, 1.54) is 0 Å². The highest BCUT2D eigenvalue weighted by molar-refractivity contribution is 6.09. The third kappa shape index (κ3) is 3.09. The first-order chi connectivity index (χ1) is 16.0. The summed E-state index contributed by atoms with van der Waals surface area (Å²) in [6.07, 6.45) is 1.96. The number of hydrogen-bond donors (Lipinski definition) is 1. The molecule has 1 aromatic heterocycles. The molecule has 0 fully saturated rings. The molecule has 1 unspecified atom stereocenters. The molecule has 6 heteroatoms. The van der Waals surface area contributed by atoms with E-state index < -0.39 is 11.9 Å². The van der Waals surface area contributed by atoms with Crippen LogP contribution in [-0.2, 0) is 11.2 Å². The van der Waals surface area contributed by atoms with E-state index in [9.17, 15) is 14.7 Å². The number of carboxylic acid groups (broad SMARTS) is 1. The Morgan fingerprint density at radius 2 is 1.76 bits per heavy atom. The Hall–Kier alpha value is -3.80. The predicted molar refractivity (Wildman–Crippen MR) is 127 cm³/mol. The van der Waals surface area contributed by atoms with E-state index in [0.29, 0.717) is 29.9 Å². The molecule has 0 aliphatic heterocycles. The number of benzene rings is 3. The number of ether oxygens (including phenoxy) is 2. The van der Waals surface area contributed by atoms with Gasteiger partial charge in [-0.15, -0.1) is 0 Å². The molecule has 1 N–H and O–H groups in total. The fourth-order valence-corrected chi connectivity index (χ4v) is 5.30. The molecule has 0 saturated heterocycles. The molecule has 0 amide bonds. The van der Waals surface area contributed by atoms with Gasteiger partial charge in [0.2, 0.25) is 0 Å². The van der Waals surface area contributed by atoms with Crippen LogP contribution in [0.5, 0.6) is 11.5 Å². The smallest absolute Gasteiger partial charge is 0.311 e. The number of aliphatic carboxylic acids is 1. The van der Waals surface area contributed by atoms with Gasteiger partial charge in [0.1, 0.15) is 11.5 Å². The fraction of sp³-hybridized carbons (Fsp3) is 0.259. The van der Waals surface area contributed by atoms with Crippen molar-refractivity contribution in [1.29, 1.82) is 0 Å². The van der Waals surface area contributed by atoms with Crippen LogP contribution in [0.3, 0.4) is 0 Å². The Morgan fingerprint density at radius 3 is 2.48 bits per heavy atom. The van der Waals surface area contributed by atoms with Crippen LogP contribution in [0.4, 0.5) is 0 Å². The number of carbonyl (C=O) groups excluding carboxylic acids is 1. The summed E-state index contributed by atoms with van der Waals surface area (Å²) in [6, 6.07) is 15.1. The van der Waals surface area contributed by atoms with Gasteiger partial charge in [0.05, 0.1) is 25.7 Å². The minimum absolute atomic E-state index is 0.193. The normalized spacial score (nSPS) is 15.4. The predicted octanol–water partition coefficient (Wildman–Crippen LogP) is 5.31. The van der Waals surface area contributed by atoms with Gasteiger partial charge in [0, 0.05) is 33.0 Å². The van der Waals surface area contributed by atoms with Gasteiger partial charge in [-0.3, -0.25) is 14.2 Å². The highest BCUT2D eigenvalue weighted by Crippen LogP contribution is 2.41. The van der Waals surface area contributed by atoms with E-state index in [1.54, 1.807) is 18.8 Å². The van der Waals surface area contributed by atoms with Crippen molar-refractivity contribution in [3.05, 3.63) is 70.9 Å². The van der Waals surface area contributed by atoms with Crippen molar-refractivity contribution in [1.82, 2.24) is 4.57 Å². The number of carboxylic acids is 1. The molecule has 5 rings (SSSR count). The van der Waals surface area contributed by atoms with Crippen LogP contribution >= 0.6 is 0 Å². The van der Waals surface area contributed by atoms with Crippen molar-refractivity contribution < 1.29 is 24.2 Å². The molecule has 33 heavy (non-hydrogen) atoms. The van der Waals surface area contributed by atoms with E-state index in [4.69, 9.17) is 9.47 Å². The number of aromatic nitrogens is 1. The Morgan fingerprint density at radius 1 is 1.00 bits per heavy atom. The molecule has 3 aromatic carbocycles. The maximum atomic E-state index is 14.1. The average Bonchev–Trinajstić information content (AvgIpc) is 3.17. The van der Waals surface area contributed by atoms with Gasteiger partial charge in [-0.25, -0.2) is 0 Å². The van der Waals surface area contributed by atoms with Crippen molar-refractivity contribution >= 4 is 33.6 Å². The summed E-state index contributed by atoms with van der Waals surface area (Å²) in [5.41, 5.74) is 3.53. The van der Waals surface area contributed by atoms with Crippen LogP contribution in [0.25, 0.3) is 21.7 Å². The first kappa shape index (κ1) is 21.1. The number of nitrogens with zero attached hydrogens (tertiary/aromatic N) is 1. The van der Waals surface area contributed by atoms with Gasteiger partial charge >= 0.3 is 5.97 Å². The number of methoxy groups -OCH3 is 2. The minimum atomic E-state index is -0.848. The zero-order valence-corrected chi connectivity index (χ0v) is 18.8. The molecule has 0 bridgehead atoms. The van der Waals surface area contributed by atoms with Gasteiger partial charge < -0.3 is 14.6 Å². The summed E-state index contributed by atoms with van der Waals surface area (Å²) < 4.78 is 13.0. The third-order valence-electron chi connectivity index (χ3n) is 6.77. The summed E-state index contributed by atoms with van der Waals surface area (Å²) >= 11 is 0. The number of hydrogen-bond acceptors (Lipinski definition) is 4. The SMILES string of the molecule is COc1cccc2c(OC)c(C)c(C(=O)n3c4c(c5ccccc53)C(C(=O)O)CCC4)cc12. The average molecular weight is 443 g/mol. The van der Waals surface area contributed by atoms with Crippen molar-refractivity contribution in [2.45, 2.75) is 32.1 Å². The molecule has 6 nitrogen and oxygen atoms in total. The molecule has 168 valence electrons. The van der Waals surface area contributed by atoms with Crippen LogP contribution in [-0.4, -0.2) is 35.8 Å². The second kappa shape index (κ2) is 7.96. The molecule has 1 aliphatic carbocycles. The maximum Gasteiger partial charge on any atom is 0.311 e. The standard InChI is InChI=1S/C27H25NO5/c1-15-19(14-20-16(25(15)33-3)9-7-13-23(20)32-2)26(29)28-21-11-5-4-8-17(21)24-18(27(30)31)10-6-12-22(24)28/h4-5,7-9,11,13-14,18H,6,10,12H2,1-3H3,(H,30,31). The van der Waals surface area contributed by atoms with Gasteiger partial charge in [0.25, 0.3) is 5.91 Å². The van der Waals surface area contributed by atoms with E-state index in [1.807, 2.05) is 55.5 Å². The quantitative estimate of drug-likeness (QED) is 0.462. The van der Waals surface area contributed by atoms with Gasteiger partial charge in [0.15, 0.2) is 0 Å². The largest absolute Gasteiger partial charge is 0.496 e. The molecule has 4 aromatic rings. The van der Waals surface area contributed by atoms with Crippen LogP contribution < -0.4 is 9.47 Å². The Balaban J connectivity index is 1.81. The van der Waals surface area contributed by atoms with Crippen LogP contribution in [0, 0.1) is 6.92 Å². The van der Waals surface area contributed by atoms with Gasteiger partial charge in [-0.1, -0.05) is 30.3 Å². The van der Waals surface area contributed by atoms with E-state index in [-0.39, 0.29) is 5.91 Å². The van der Waals surface area contributed by atoms with Crippen molar-refractivity contribution in [2.75, 3.05) is 14.2 Å². The lowest BCUT2D eigenvalue weighted by Crippen LogP contribution is -2.22. The van der Waals surface area contributed by atoms with Crippen LogP contribution in [0.2, 0.25) is 0 Å². The van der Waals surface area contributed by atoms with Gasteiger partial charge in [-0.05, 0) is 49.9 Å². The third-order valence-corrected chi connectivity index (χ3v) is 6.77. The molecule has 1 atom stereocenters. The number of para-hydroxylation sites is 1. The Bertz CT molecular complexity index is 1430. The highest BCUT2D eigenvalue weighted by atomic mass is 16.5. The minimum Gasteiger partial charge on any atom is -0.496 e. The van der Waals surface area contributed by atoms with Crippen molar-refractivity contribution in [2.24, 2.45) is 0 Å². The van der Waals surface area contributed by atoms with Gasteiger partial charge in [-0.2, -0.15) is 0 Å². The molecule has 1 heterocycles. The summed E-state index contributed by atoms with van der Waals surface area (Å²) in [4.78, 5) is 26.2. The first-order valence-electron chi connectivity index (χ1n) is 11.0. The summed E-state index contributed by atoms with van der Waals surface area (Å²) in [5, 5.41) is 12.4.